The Morgan fingerprint density at radius 1 is 1.23 bits per heavy atom. The zero-order valence-electron chi connectivity index (χ0n) is 8.68. The Morgan fingerprint density at radius 2 is 1.77 bits per heavy atom. The zero-order valence-corrected chi connectivity index (χ0v) is 8.68. The molecule has 2 aliphatic rings. The molecule has 2 nitrogen and oxygen atoms in total. The molecule has 0 aromatic carbocycles. The predicted octanol–water partition coefficient (Wildman–Crippen LogP) is 2.04. The number of amides is 1. The number of carbonyl (C=O) groups excluding carboxylic acids is 1. The molecule has 74 valence electrons. The lowest BCUT2D eigenvalue weighted by Crippen LogP contribution is -2.56. The highest BCUT2D eigenvalue weighted by Crippen LogP contribution is 2.33. The van der Waals surface area contributed by atoms with E-state index in [4.69, 9.17) is 0 Å². The Bertz CT molecular complexity index is 208. The number of carbonyl (C=O) groups is 1. The van der Waals surface area contributed by atoms with Crippen LogP contribution in [0.3, 0.4) is 0 Å². The molecular formula is C11H19NO. The van der Waals surface area contributed by atoms with Crippen LogP contribution in [-0.4, -0.2) is 23.9 Å². The molecule has 0 radical (unpaired) electrons. The van der Waals surface area contributed by atoms with Gasteiger partial charge in [-0.1, -0.05) is 26.7 Å². The van der Waals surface area contributed by atoms with Crippen LogP contribution in [0.1, 0.15) is 39.5 Å². The Kier molecular flexibility index (Phi) is 2.09. The highest BCUT2D eigenvalue weighted by atomic mass is 16.2. The minimum absolute atomic E-state index is 0.371. The van der Waals surface area contributed by atoms with Crippen molar-refractivity contribution in [1.29, 1.82) is 0 Å². The maximum Gasteiger partial charge on any atom is 0.225 e. The van der Waals surface area contributed by atoms with E-state index in [1.165, 1.54) is 12.8 Å². The second kappa shape index (κ2) is 3.00. The van der Waals surface area contributed by atoms with Crippen LogP contribution in [-0.2, 0) is 4.79 Å². The van der Waals surface area contributed by atoms with Crippen LogP contribution in [0.2, 0.25) is 0 Å². The summed E-state index contributed by atoms with van der Waals surface area (Å²) in [5.41, 5.74) is 0.383. The summed E-state index contributed by atoms with van der Waals surface area (Å²) in [6.07, 6.45) is 4.78. The molecule has 0 aromatic heterocycles. The fourth-order valence-electron chi connectivity index (χ4n) is 2.57. The van der Waals surface area contributed by atoms with E-state index >= 15 is 0 Å². The quantitative estimate of drug-likeness (QED) is 0.606. The molecule has 1 aliphatic carbocycles. The van der Waals surface area contributed by atoms with Crippen molar-refractivity contribution in [2.24, 2.45) is 11.3 Å². The average Bonchev–Trinajstić information content (AvgIpc) is 2.50. The highest BCUT2D eigenvalue weighted by Gasteiger charge is 2.39. The van der Waals surface area contributed by atoms with Gasteiger partial charge in [0, 0.05) is 19.0 Å². The van der Waals surface area contributed by atoms with Crippen molar-refractivity contribution in [2.45, 2.75) is 39.5 Å². The van der Waals surface area contributed by atoms with Crippen LogP contribution in [0, 0.1) is 11.3 Å². The lowest BCUT2D eigenvalue weighted by atomic mass is 9.83. The summed E-state index contributed by atoms with van der Waals surface area (Å²) in [6.45, 7) is 6.40. The molecule has 2 rings (SSSR count). The lowest BCUT2D eigenvalue weighted by Gasteiger charge is -2.46. The monoisotopic (exact) mass is 181 g/mol. The van der Waals surface area contributed by atoms with Gasteiger partial charge in [-0.15, -0.1) is 0 Å². The molecule has 0 spiro atoms. The van der Waals surface area contributed by atoms with E-state index in [9.17, 15) is 4.79 Å². The van der Waals surface area contributed by atoms with Crippen LogP contribution in [0.25, 0.3) is 0 Å². The van der Waals surface area contributed by atoms with Gasteiger partial charge in [-0.25, -0.2) is 0 Å². The first kappa shape index (κ1) is 9.04. The summed E-state index contributed by atoms with van der Waals surface area (Å²) in [6, 6.07) is 0. The second-order valence-corrected chi connectivity index (χ2v) is 5.34. The van der Waals surface area contributed by atoms with Crippen molar-refractivity contribution in [3.8, 4) is 0 Å². The van der Waals surface area contributed by atoms with Crippen LogP contribution >= 0.6 is 0 Å². The first-order chi connectivity index (χ1) is 6.08. The van der Waals surface area contributed by atoms with Gasteiger partial charge in [-0.3, -0.25) is 4.79 Å². The largest absolute Gasteiger partial charge is 0.341 e. The van der Waals surface area contributed by atoms with Gasteiger partial charge in [0.15, 0.2) is 0 Å². The third-order valence-corrected chi connectivity index (χ3v) is 3.25. The lowest BCUT2D eigenvalue weighted by molar-refractivity contribution is -0.145. The fourth-order valence-corrected chi connectivity index (χ4v) is 2.57. The number of rotatable bonds is 1. The number of hydrogen-bond acceptors (Lipinski definition) is 1. The van der Waals surface area contributed by atoms with E-state index in [-0.39, 0.29) is 0 Å². The summed E-state index contributed by atoms with van der Waals surface area (Å²) >= 11 is 0. The summed E-state index contributed by atoms with van der Waals surface area (Å²) in [5.74, 6) is 0.799. The maximum absolute atomic E-state index is 11.8. The molecule has 0 unspecified atom stereocenters. The van der Waals surface area contributed by atoms with Crippen LogP contribution < -0.4 is 0 Å². The molecule has 1 saturated carbocycles. The smallest absolute Gasteiger partial charge is 0.225 e. The molecule has 1 amide bonds. The van der Waals surface area contributed by atoms with Gasteiger partial charge in [0.25, 0.3) is 0 Å². The Balaban J connectivity index is 1.85. The summed E-state index contributed by atoms with van der Waals surface area (Å²) < 4.78 is 0. The predicted molar refractivity (Wildman–Crippen MR) is 52.3 cm³/mol. The topological polar surface area (TPSA) is 20.3 Å². The molecule has 1 heterocycles. The molecule has 1 aliphatic heterocycles. The minimum Gasteiger partial charge on any atom is -0.341 e. The Labute approximate surface area is 80.3 Å². The first-order valence-electron chi connectivity index (χ1n) is 5.37. The Morgan fingerprint density at radius 3 is 2.23 bits per heavy atom. The van der Waals surface area contributed by atoms with Crippen LogP contribution in [0.15, 0.2) is 0 Å². The number of likely N-dealkylation sites (tertiary alicyclic amines) is 1. The van der Waals surface area contributed by atoms with Crippen molar-refractivity contribution in [1.82, 2.24) is 4.90 Å². The standard InChI is InChI=1S/C11H19NO/c1-11(2)7-12(8-11)10(13)9-5-3-4-6-9/h9H,3-8H2,1-2H3. The van der Waals surface area contributed by atoms with E-state index < -0.39 is 0 Å². The first-order valence-corrected chi connectivity index (χ1v) is 5.37. The summed E-state index contributed by atoms with van der Waals surface area (Å²) in [4.78, 5) is 13.9. The molecule has 13 heavy (non-hydrogen) atoms. The normalized spacial score (nSPS) is 27.4. The van der Waals surface area contributed by atoms with Crippen molar-refractivity contribution in [3.63, 3.8) is 0 Å². The van der Waals surface area contributed by atoms with Gasteiger partial charge in [-0.2, -0.15) is 0 Å². The zero-order chi connectivity index (χ0) is 9.47. The van der Waals surface area contributed by atoms with Crippen LogP contribution in [0.4, 0.5) is 0 Å². The molecule has 2 fully saturated rings. The van der Waals surface area contributed by atoms with Gasteiger partial charge < -0.3 is 4.90 Å². The van der Waals surface area contributed by atoms with Gasteiger partial charge in [0.05, 0.1) is 0 Å². The summed E-state index contributed by atoms with van der Waals surface area (Å²) in [7, 11) is 0. The second-order valence-electron chi connectivity index (χ2n) is 5.34. The molecular weight excluding hydrogens is 162 g/mol. The van der Waals surface area contributed by atoms with Crippen molar-refractivity contribution in [3.05, 3.63) is 0 Å². The molecule has 0 aromatic rings. The van der Waals surface area contributed by atoms with E-state index in [2.05, 4.69) is 13.8 Å². The minimum atomic E-state index is 0.371. The third kappa shape index (κ3) is 1.72. The molecule has 0 atom stereocenters. The molecule has 0 N–H and O–H groups in total. The van der Waals surface area contributed by atoms with Gasteiger partial charge in [0.2, 0.25) is 5.91 Å². The highest BCUT2D eigenvalue weighted by molar-refractivity contribution is 5.80. The van der Waals surface area contributed by atoms with Gasteiger partial charge in [0.1, 0.15) is 0 Å². The van der Waals surface area contributed by atoms with Crippen LogP contribution in [0.5, 0.6) is 0 Å². The van der Waals surface area contributed by atoms with Gasteiger partial charge >= 0.3 is 0 Å². The summed E-state index contributed by atoms with van der Waals surface area (Å²) in [5, 5.41) is 0. The van der Waals surface area contributed by atoms with Crippen molar-refractivity contribution in [2.75, 3.05) is 13.1 Å². The van der Waals surface area contributed by atoms with Crippen molar-refractivity contribution < 1.29 is 4.79 Å². The van der Waals surface area contributed by atoms with Crippen molar-refractivity contribution >= 4 is 5.91 Å². The maximum atomic E-state index is 11.8. The fraction of sp³-hybridized carbons (Fsp3) is 0.909. The molecule has 2 heteroatoms. The number of hydrogen-bond donors (Lipinski definition) is 0. The van der Waals surface area contributed by atoms with E-state index in [1.54, 1.807) is 0 Å². The SMILES string of the molecule is CC1(C)CN(C(=O)C2CCCC2)C1. The van der Waals surface area contributed by atoms with E-state index in [1.807, 2.05) is 4.90 Å². The molecule has 0 bridgehead atoms. The Hall–Kier alpha value is -0.530. The molecule has 1 saturated heterocycles. The number of nitrogens with zero attached hydrogens (tertiary/aromatic N) is 1. The van der Waals surface area contributed by atoms with Gasteiger partial charge in [-0.05, 0) is 18.3 Å². The van der Waals surface area contributed by atoms with E-state index in [0.29, 0.717) is 17.2 Å². The third-order valence-electron chi connectivity index (χ3n) is 3.25. The van der Waals surface area contributed by atoms with E-state index in [0.717, 1.165) is 25.9 Å². The average molecular weight is 181 g/mol.